The molecule has 1 aliphatic rings. The molecule has 1 atom stereocenters. The highest BCUT2D eigenvalue weighted by Crippen LogP contribution is 2.35. The number of hydrogen-bond donors (Lipinski definition) is 1. The van der Waals surface area contributed by atoms with E-state index in [1.54, 1.807) is 0 Å². The molecule has 0 bridgehead atoms. The van der Waals surface area contributed by atoms with Crippen molar-refractivity contribution < 1.29 is 4.74 Å². The monoisotopic (exact) mass is 205 g/mol. The Balaban J connectivity index is 2.25. The Kier molecular flexibility index (Phi) is 2.96. The van der Waals surface area contributed by atoms with Crippen LogP contribution in [0, 0.1) is 13.8 Å². The first kappa shape index (κ1) is 10.5. The molecule has 0 fully saturated rings. The van der Waals surface area contributed by atoms with E-state index in [0.29, 0.717) is 6.04 Å². The first-order valence-electron chi connectivity index (χ1n) is 5.69. The summed E-state index contributed by atoms with van der Waals surface area (Å²) in [6.45, 7) is 8.30. The highest BCUT2D eigenvalue weighted by atomic mass is 16.5. The van der Waals surface area contributed by atoms with Crippen LogP contribution in [0.2, 0.25) is 0 Å². The molecule has 82 valence electrons. The molecule has 0 aliphatic carbocycles. The van der Waals surface area contributed by atoms with Gasteiger partial charge < -0.3 is 10.1 Å². The lowest BCUT2D eigenvalue weighted by molar-refractivity contribution is 0.311. The summed E-state index contributed by atoms with van der Waals surface area (Å²) in [5.74, 6) is 1.07. The van der Waals surface area contributed by atoms with Gasteiger partial charge in [-0.25, -0.2) is 0 Å². The maximum atomic E-state index is 5.71. The van der Waals surface area contributed by atoms with Gasteiger partial charge in [0.25, 0.3) is 0 Å². The molecule has 1 unspecified atom stereocenters. The summed E-state index contributed by atoms with van der Waals surface area (Å²) in [5.41, 5.74) is 3.98. The van der Waals surface area contributed by atoms with Crippen molar-refractivity contribution in [2.45, 2.75) is 33.2 Å². The SMILES string of the molecule is CCCNC1COc2cc(C)cc(C)c21. The van der Waals surface area contributed by atoms with Crippen LogP contribution in [-0.4, -0.2) is 13.2 Å². The van der Waals surface area contributed by atoms with Crippen molar-refractivity contribution >= 4 is 0 Å². The molecule has 0 radical (unpaired) electrons. The molecule has 0 saturated carbocycles. The summed E-state index contributed by atoms with van der Waals surface area (Å²) in [7, 11) is 0. The fourth-order valence-electron chi connectivity index (χ4n) is 2.24. The van der Waals surface area contributed by atoms with E-state index in [4.69, 9.17) is 4.74 Å². The third-order valence-corrected chi connectivity index (χ3v) is 2.89. The van der Waals surface area contributed by atoms with E-state index in [2.05, 4.69) is 38.2 Å². The van der Waals surface area contributed by atoms with Gasteiger partial charge in [0.2, 0.25) is 0 Å². The molecule has 1 aromatic carbocycles. The number of nitrogens with one attached hydrogen (secondary N) is 1. The number of fused-ring (bicyclic) bond motifs is 1. The van der Waals surface area contributed by atoms with Crippen LogP contribution >= 0.6 is 0 Å². The minimum atomic E-state index is 0.389. The van der Waals surface area contributed by atoms with E-state index < -0.39 is 0 Å². The molecule has 0 spiro atoms. The average molecular weight is 205 g/mol. The number of ether oxygens (including phenoxy) is 1. The van der Waals surface area contributed by atoms with Gasteiger partial charge in [0.15, 0.2) is 0 Å². The molecule has 2 nitrogen and oxygen atoms in total. The minimum absolute atomic E-state index is 0.389. The Bertz CT molecular complexity index is 360. The Morgan fingerprint density at radius 1 is 1.40 bits per heavy atom. The number of rotatable bonds is 3. The molecule has 0 aromatic heterocycles. The van der Waals surface area contributed by atoms with Crippen molar-refractivity contribution in [3.63, 3.8) is 0 Å². The molecule has 1 heterocycles. The van der Waals surface area contributed by atoms with E-state index >= 15 is 0 Å². The fraction of sp³-hybridized carbons (Fsp3) is 0.538. The van der Waals surface area contributed by atoms with Crippen LogP contribution < -0.4 is 10.1 Å². The zero-order chi connectivity index (χ0) is 10.8. The molecule has 15 heavy (non-hydrogen) atoms. The maximum absolute atomic E-state index is 5.71. The van der Waals surface area contributed by atoms with Crippen LogP contribution in [0.4, 0.5) is 0 Å². The zero-order valence-electron chi connectivity index (χ0n) is 9.76. The van der Waals surface area contributed by atoms with Gasteiger partial charge in [-0.2, -0.15) is 0 Å². The largest absolute Gasteiger partial charge is 0.491 e. The maximum Gasteiger partial charge on any atom is 0.124 e. The van der Waals surface area contributed by atoms with Gasteiger partial charge in [-0.05, 0) is 44.0 Å². The van der Waals surface area contributed by atoms with Crippen LogP contribution in [0.3, 0.4) is 0 Å². The van der Waals surface area contributed by atoms with Crippen LogP contribution in [0.25, 0.3) is 0 Å². The summed E-state index contributed by atoms with van der Waals surface area (Å²) in [4.78, 5) is 0. The molecule has 0 amide bonds. The fourth-order valence-corrected chi connectivity index (χ4v) is 2.24. The second-order valence-electron chi connectivity index (χ2n) is 4.31. The Labute approximate surface area is 91.6 Å². The van der Waals surface area contributed by atoms with E-state index in [0.717, 1.165) is 25.3 Å². The van der Waals surface area contributed by atoms with Gasteiger partial charge >= 0.3 is 0 Å². The van der Waals surface area contributed by atoms with E-state index in [9.17, 15) is 0 Å². The lowest BCUT2D eigenvalue weighted by atomic mass is 10.0. The predicted octanol–water partition coefficient (Wildman–Crippen LogP) is 2.74. The van der Waals surface area contributed by atoms with Crippen molar-refractivity contribution in [3.05, 3.63) is 28.8 Å². The Hall–Kier alpha value is -1.02. The lowest BCUT2D eigenvalue weighted by Crippen LogP contribution is -2.23. The van der Waals surface area contributed by atoms with E-state index in [1.807, 2.05) is 0 Å². The molecule has 0 saturated heterocycles. The minimum Gasteiger partial charge on any atom is -0.491 e. The van der Waals surface area contributed by atoms with Gasteiger partial charge in [-0.1, -0.05) is 13.0 Å². The zero-order valence-corrected chi connectivity index (χ0v) is 9.76. The standard InChI is InChI=1S/C13H19NO/c1-4-5-14-11-8-15-12-7-9(2)6-10(3)13(11)12/h6-7,11,14H,4-5,8H2,1-3H3. The highest BCUT2D eigenvalue weighted by molar-refractivity contribution is 5.47. The third-order valence-electron chi connectivity index (χ3n) is 2.89. The quantitative estimate of drug-likeness (QED) is 0.819. The van der Waals surface area contributed by atoms with Crippen LogP contribution in [-0.2, 0) is 0 Å². The summed E-state index contributed by atoms with van der Waals surface area (Å²) >= 11 is 0. The third kappa shape index (κ3) is 2.00. The topological polar surface area (TPSA) is 21.3 Å². The van der Waals surface area contributed by atoms with E-state index in [1.165, 1.54) is 16.7 Å². The van der Waals surface area contributed by atoms with Crippen molar-refractivity contribution in [2.24, 2.45) is 0 Å². The van der Waals surface area contributed by atoms with Crippen molar-refractivity contribution in [2.75, 3.05) is 13.2 Å². The van der Waals surface area contributed by atoms with Crippen molar-refractivity contribution in [3.8, 4) is 5.75 Å². The van der Waals surface area contributed by atoms with Gasteiger partial charge in [-0.15, -0.1) is 0 Å². The van der Waals surface area contributed by atoms with Gasteiger partial charge in [0.05, 0.1) is 6.04 Å². The van der Waals surface area contributed by atoms with Gasteiger partial charge in [0, 0.05) is 5.56 Å². The van der Waals surface area contributed by atoms with Crippen LogP contribution in [0.5, 0.6) is 5.75 Å². The van der Waals surface area contributed by atoms with Gasteiger partial charge in [0.1, 0.15) is 12.4 Å². The Morgan fingerprint density at radius 3 is 2.93 bits per heavy atom. The molecule has 2 heteroatoms. The van der Waals surface area contributed by atoms with Crippen LogP contribution in [0.1, 0.15) is 36.1 Å². The first-order chi connectivity index (χ1) is 7.22. The summed E-state index contributed by atoms with van der Waals surface area (Å²) in [6, 6.07) is 4.75. The van der Waals surface area contributed by atoms with Crippen LogP contribution in [0.15, 0.2) is 12.1 Å². The molecule has 1 aliphatic heterocycles. The molecule has 1 N–H and O–H groups in total. The predicted molar refractivity (Wildman–Crippen MR) is 62.4 cm³/mol. The number of benzene rings is 1. The second-order valence-corrected chi connectivity index (χ2v) is 4.31. The molecule has 1 aromatic rings. The number of hydrogen-bond acceptors (Lipinski definition) is 2. The average Bonchev–Trinajstić information content (AvgIpc) is 2.58. The highest BCUT2D eigenvalue weighted by Gasteiger charge is 2.25. The van der Waals surface area contributed by atoms with Gasteiger partial charge in [-0.3, -0.25) is 0 Å². The normalized spacial score (nSPS) is 18.7. The molecule has 2 rings (SSSR count). The first-order valence-corrected chi connectivity index (χ1v) is 5.69. The summed E-state index contributed by atoms with van der Waals surface area (Å²) < 4.78 is 5.71. The number of aryl methyl sites for hydroxylation is 2. The lowest BCUT2D eigenvalue weighted by Gasteiger charge is -2.12. The smallest absolute Gasteiger partial charge is 0.124 e. The van der Waals surface area contributed by atoms with Crippen molar-refractivity contribution in [1.29, 1.82) is 0 Å². The Morgan fingerprint density at radius 2 is 2.20 bits per heavy atom. The van der Waals surface area contributed by atoms with E-state index in [-0.39, 0.29) is 0 Å². The summed E-state index contributed by atoms with van der Waals surface area (Å²) in [6.07, 6.45) is 1.16. The molecular weight excluding hydrogens is 186 g/mol. The summed E-state index contributed by atoms with van der Waals surface area (Å²) in [5, 5.41) is 3.52. The second kappa shape index (κ2) is 4.23. The van der Waals surface area contributed by atoms with Crippen molar-refractivity contribution in [1.82, 2.24) is 5.32 Å². The molecular formula is C13H19NO.